The van der Waals surface area contributed by atoms with Crippen LogP contribution < -0.4 is 5.32 Å². The van der Waals surface area contributed by atoms with Gasteiger partial charge in [-0.2, -0.15) is 0 Å². The molecule has 1 aliphatic heterocycles. The summed E-state index contributed by atoms with van der Waals surface area (Å²) in [5.74, 6) is -0.0120. The fourth-order valence-electron chi connectivity index (χ4n) is 1.94. The highest BCUT2D eigenvalue weighted by Gasteiger charge is 2.22. The van der Waals surface area contributed by atoms with E-state index in [1.807, 2.05) is 0 Å². The van der Waals surface area contributed by atoms with E-state index in [0.717, 1.165) is 29.5 Å². The highest BCUT2D eigenvalue weighted by atomic mass is 79.9. The maximum absolute atomic E-state index is 13.0. The summed E-state index contributed by atoms with van der Waals surface area (Å²) in [4.78, 5) is 11.9. The van der Waals surface area contributed by atoms with Crippen LogP contribution in [0.4, 0.5) is 4.39 Å². The summed E-state index contributed by atoms with van der Waals surface area (Å²) < 4.78 is 13.8. The molecule has 1 aliphatic rings. The second-order valence-electron chi connectivity index (χ2n) is 4.07. The highest BCUT2D eigenvalue weighted by molar-refractivity contribution is 9.10. The molecule has 0 spiro atoms. The minimum absolute atomic E-state index is 0.0927. The monoisotopic (exact) mass is 285 g/mol. The van der Waals surface area contributed by atoms with Gasteiger partial charge in [0.2, 0.25) is 0 Å². The fourth-order valence-corrected chi connectivity index (χ4v) is 2.33. The molecule has 4 heteroatoms. The summed E-state index contributed by atoms with van der Waals surface area (Å²) in [6, 6.07) is 4.45. The van der Waals surface area contributed by atoms with Crippen molar-refractivity contribution >= 4 is 21.7 Å². The zero-order chi connectivity index (χ0) is 11.5. The molecule has 0 aliphatic carbocycles. The van der Waals surface area contributed by atoms with Crippen molar-refractivity contribution in [3.8, 4) is 0 Å². The summed E-state index contributed by atoms with van der Waals surface area (Å²) in [5, 5.41) is 3.16. The Morgan fingerprint density at radius 1 is 1.56 bits per heavy atom. The topological polar surface area (TPSA) is 29.1 Å². The molecule has 1 unspecified atom stereocenters. The van der Waals surface area contributed by atoms with Crippen molar-refractivity contribution in [2.24, 2.45) is 5.92 Å². The zero-order valence-electron chi connectivity index (χ0n) is 8.80. The second kappa shape index (κ2) is 5.06. The molecule has 1 N–H and O–H groups in total. The summed E-state index contributed by atoms with van der Waals surface area (Å²) in [5.41, 5.74) is 0.733. The van der Waals surface area contributed by atoms with E-state index in [1.54, 1.807) is 6.07 Å². The summed E-state index contributed by atoms with van der Waals surface area (Å²) >= 11 is 3.33. The van der Waals surface area contributed by atoms with Crippen LogP contribution in [0.2, 0.25) is 0 Å². The molecule has 2 nitrogen and oxygen atoms in total. The van der Waals surface area contributed by atoms with Crippen molar-refractivity contribution in [3.63, 3.8) is 0 Å². The summed E-state index contributed by atoms with van der Waals surface area (Å²) in [6.45, 7) is 1.66. The van der Waals surface area contributed by atoms with Crippen LogP contribution in [0.15, 0.2) is 22.7 Å². The van der Waals surface area contributed by atoms with E-state index in [4.69, 9.17) is 0 Å². The van der Waals surface area contributed by atoms with Gasteiger partial charge < -0.3 is 5.32 Å². The predicted molar refractivity (Wildman–Crippen MR) is 63.8 cm³/mol. The second-order valence-corrected chi connectivity index (χ2v) is 4.92. The molecule has 0 aromatic heterocycles. The Bertz CT molecular complexity index is 402. The van der Waals surface area contributed by atoms with Crippen LogP contribution in [0.3, 0.4) is 0 Å². The quantitative estimate of drug-likeness (QED) is 0.924. The normalized spacial score (nSPS) is 20.0. The number of ketones is 1. The van der Waals surface area contributed by atoms with E-state index in [-0.39, 0.29) is 17.5 Å². The first-order valence-corrected chi connectivity index (χ1v) is 6.13. The summed E-state index contributed by atoms with van der Waals surface area (Å²) in [6.07, 6.45) is 1.20. The van der Waals surface area contributed by atoms with E-state index in [1.165, 1.54) is 12.1 Å². The fraction of sp³-hybridized carbons (Fsp3) is 0.417. The molecular weight excluding hydrogens is 273 g/mol. The van der Waals surface area contributed by atoms with Crippen LogP contribution in [0.5, 0.6) is 0 Å². The molecule has 0 amide bonds. The van der Waals surface area contributed by atoms with Gasteiger partial charge in [-0.15, -0.1) is 0 Å². The maximum Gasteiger partial charge on any atom is 0.141 e. The third-order valence-corrected chi connectivity index (χ3v) is 3.66. The van der Waals surface area contributed by atoms with Crippen LogP contribution in [0.1, 0.15) is 12.0 Å². The molecular formula is C12H13BrFNO. The molecule has 16 heavy (non-hydrogen) atoms. The number of hydrogen-bond donors (Lipinski definition) is 1. The van der Waals surface area contributed by atoms with Gasteiger partial charge in [-0.1, -0.05) is 15.9 Å². The minimum atomic E-state index is -0.296. The molecule has 2 rings (SSSR count). The Kier molecular flexibility index (Phi) is 3.71. The molecule has 0 saturated carbocycles. The molecule has 1 atom stereocenters. The Balaban J connectivity index is 2.07. The molecule has 1 saturated heterocycles. The first-order valence-electron chi connectivity index (χ1n) is 5.34. The third-order valence-electron chi connectivity index (χ3n) is 2.89. The van der Waals surface area contributed by atoms with Gasteiger partial charge >= 0.3 is 0 Å². The van der Waals surface area contributed by atoms with E-state index in [9.17, 15) is 9.18 Å². The predicted octanol–water partition coefficient (Wildman–Crippen LogP) is 2.31. The van der Waals surface area contributed by atoms with Crippen LogP contribution >= 0.6 is 15.9 Å². The van der Waals surface area contributed by atoms with E-state index < -0.39 is 0 Å². The lowest BCUT2D eigenvalue weighted by Gasteiger charge is -2.08. The number of Topliss-reactive ketones (excluding diaryl/α,β-unsaturated/α-hetero) is 1. The lowest BCUT2D eigenvalue weighted by atomic mass is 9.97. The Morgan fingerprint density at radius 3 is 3.06 bits per heavy atom. The highest BCUT2D eigenvalue weighted by Crippen LogP contribution is 2.21. The van der Waals surface area contributed by atoms with Crippen molar-refractivity contribution in [3.05, 3.63) is 34.1 Å². The van der Waals surface area contributed by atoms with E-state index in [2.05, 4.69) is 21.2 Å². The number of hydrogen-bond acceptors (Lipinski definition) is 2. The van der Waals surface area contributed by atoms with Crippen LogP contribution in [-0.2, 0) is 11.2 Å². The molecule has 86 valence electrons. The largest absolute Gasteiger partial charge is 0.316 e. The molecule has 0 radical (unpaired) electrons. The lowest BCUT2D eigenvalue weighted by molar-refractivity contribution is -0.121. The van der Waals surface area contributed by atoms with Crippen molar-refractivity contribution in [2.75, 3.05) is 13.1 Å². The third kappa shape index (κ3) is 2.68. The number of carbonyl (C=O) groups is 1. The van der Waals surface area contributed by atoms with Gasteiger partial charge in [0.05, 0.1) is 0 Å². The van der Waals surface area contributed by atoms with Crippen molar-refractivity contribution in [1.29, 1.82) is 0 Å². The number of nitrogens with one attached hydrogen (secondary N) is 1. The number of halogens is 2. The van der Waals surface area contributed by atoms with Crippen molar-refractivity contribution in [2.45, 2.75) is 12.8 Å². The molecule has 1 fully saturated rings. The number of carbonyl (C=O) groups excluding carboxylic acids is 1. The standard InChI is InChI=1S/C12H13BrFNO/c13-11-2-1-10(14)5-9(11)6-12(16)8-3-4-15-7-8/h1-2,5,8,15H,3-4,6-7H2. The van der Waals surface area contributed by atoms with Gasteiger partial charge in [0.25, 0.3) is 0 Å². The van der Waals surface area contributed by atoms with Gasteiger partial charge in [0.15, 0.2) is 0 Å². The number of rotatable bonds is 3. The Hall–Kier alpha value is -0.740. The van der Waals surface area contributed by atoms with Crippen LogP contribution in [0, 0.1) is 11.7 Å². The van der Waals surface area contributed by atoms with Gasteiger partial charge in [-0.3, -0.25) is 4.79 Å². The van der Waals surface area contributed by atoms with Gasteiger partial charge in [0, 0.05) is 23.4 Å². The minimum Gasteiger partial charge on any atom is -0.316 e. The molecule has 1 heterocycles. The lowest BCUT2D eigenvalue weighted by Crippen LogP contribution is -2.19. The van der Waals surface area contributed by atoms with Crippen molar-refractivity contribution in [1.82, 2.24) is 5.32 Å². The zero-order valence-corrected chi connectivity index (χ0v) is 10.4. The van der Waals surface area contributed by atoms with Gasteiger partial charge in [0.1, 0.15) is 11.6 Å². The van der Waals surface area contributed by atoms with E-state index >= 15 is 0 Å². The Morgan fingerprint density at radius 2 is 2.38 bits per heavy atom. The maximum atomic E-state index is 13.0. The Labute approximate surface area is 102 Å². The first kappa shape index (κ1) is 11.7. The average Bonchev–Trinajstić information content (AvgIpc) is 2.76. The SMILES string of the molecule is O=C(Cc1cc(F)ccc1Br)C1CCNC1. The van der Waals surface area contributed by atoms with Crippen molar-refractivity contribution < 1.29 is 9.18 Å². The van der Waals surface area contributed by atoms with Crippen LogP contribution in [0.25, 0.3) is 0 Å². The molecule has 1 aromatic rings. The van der Waals surface area contributed by atoms with Gasteiger partial charge in [-0.05, 0) is 36.7 Å². The number of benzene rings is 1. The summed E-state index contributed by atoms with van der Waals surface area (Å²) in [7, 11) is 0. The van der Waals surface area contributed by atoms with Gasteiger partial charge in [-0.25, -0.2) is 4.39 Å². The molecule has 1 aromatic carbocycles. The van der Waals surface area contributed by atoms with Crippen LogP contribution in [-0.4, -0.2) is 18.9 Å². The average molecular weight is 286 g/mol. The smallest absolute Gasteiger partial charge is 0.141 e. The first-order chi connectivity index (χ1) is 7.66. The van der Waals surface area contributed by atoms with E-state index in [0.29, 0.717) is 6.42 Å². The molecule has 0 bridgehead atoms.